The van der Waals surface area contributed by atoms with E-state index in [1.165, 1.54) is 0 Å². The maximum absolute atomic E-state index is 5.85. The number of nitrogen functional groups attached to an aromatic ring is 1. The Bertz CT molecular complexity index is 417. The molecule has 2 N–H and O–H groups in total. The van der Waals surface area contributed by atoms with Crippen LogP contribution in [0.2, 0.25) is 0 Å². The summed E-state index contributed by atoms with van der Waals surface area (Å²) >= 11 is 0. The van der Waals surface area contributed by atoms with Gasteiger partial charge >= 0.3 is 0 Å². The van der Waals surface area contributed by atoms with Crippen LogP contribution >= 0.6 is 0 Å². The summed E-state index contributed by atoms with van der Waals surface area (Å²) in [5.74, 6) is 0.688. The standard InChI is InChI=1S/C11H13N3/c1-2-9-8-11(12)14(13-9)10-6-4-3-5-7-10/h3-8H,2,12H2,1H3. The van der Waals surface area contributed by atoms with E-state index < -0.39 is 0 Å². The third kappa shape index (κ3) is 1.48. The van der Waals surface area contributed by atoms with Crippen molar-refractivity contribution in [2.45, 2.75) is 13.3 Å². The maximum Gasteiger partial charge on any atom is 0.127 e. The third-order valence-electron chi connectivity index (χ3n) is 2.15. The highest BCUT2D eigenvalue weighted by Gasteiger charge is 2.04. The molecule has 1 aromatic carbocycles. The van der Waals surface area contributed by atoms with Crippen molar-refractivity contribution >= 4 is 5.82 Å². The average molecular weight is 187 g/mol. The molecule has 0 unspecified atom stereocenters. The SMILES string of the molecule is CCc1cc(N)n(-c2ccccc2)n1. The van der Waals surface area contributed by atoms with E-state index in [0.29, 0.717) is 5.82 Å². The minimum absolute atomic E-state index is 0.688. The van der Waals surface area contributed by atoms with Crippen LogP contribution in [0.5, 0.6) is 0 Å². The number of nitrogens with zero attached hydrogens (tertiary/aromatic N) is 2. The summed E-state index contributed by atoms with van der Waals surface area (Å²) in [6, 6.07) is 11.8. The number of rotatable bonds is 2. The van der Waals surface area contributed by atoms with Crippen LogP contribution in [0.1, 0.15) is 12.6 Å². The number of benzene rings is 1. The summed E-state index contributed by atoms with van der Waals surface area (Å²) < 4.78 is 1.76. The Hall–Kier alpha value is -1.77. The number of para-hydroxylation sites is 1. The molecule has 1 aromatic heterocycles. The van der Waals surface area contributed by atoms with Crippen molar-refractivity contribution in [1.82, 2.24) is 9.78 Å². The monoisotopic (exact) mass is 187 g/mol. The normalized spacial score (nSPS) is 10.4. The lowest BCUT2D eigenvalue weighted by atomic mass is 10.3. The average Bonchev–Trinajstić information content (AvgIpc) is 2.61. The minimum Gasteiger partial charge on any atom is -0.384 e. The van der Waals surface area contributed by atoms with Gasteiger partial charge in [-0.05, 0) is 18.6 Å². The fourth-order valence-electron chi connectivity index (χ4n) is 1.40. The second-order valence-electron chi connectivity index (χ2n) is 3.16. The van der Waals surface area contributed by atoms with Gasteiger partial charge in [-0.25, -0.2) is 4.68 Å². The second-order valence-corrected chi connectivity index (χ2v) is 3.16. The van der Waals surface area contributed by atoms with Crippen LogP contribution in [-0.2, 0) is 6.42 Å². The van der Waals surface area contributed by atoms with Crippen molar-refractivity contribution in [3.63, 3.8) is 0 Å². The largest absolute Gasteiger partial charge is 0.384 e. The van der Waals surface area contributed by atoms with Crippen LogP contribution in [0.3, 0.4) is 0 Å². The van der Waals surface area contributed by atoms with Crippen LogP contribution in [-0.4, -0.2) is 9.78 Å². The predicted octanol–water partition coefficient (Wildman–Crippen LogP) is 2.02. The zero-order chi connectivity index (χ0) is 9.97. The molecule has 3 nitrogen and oxygen atoms in total. The van der Waals surface area contributed by atoms with Gasteiger partial charge in [-0.1, -0.05) is 25.1 Å². The molecular formula is C11H13N3. The van der Waals surface area contributed by atoms with Gasteiger partial charge in [-0.15, -0.1) is 0 Å². The van der Waals surface area contributed by atoms with Crippen LogP contribution in [0.15, 0.2) is 36.4 Å². The number of aryl methyl sites for hydroxylation is 1. The summed E-state index contributed by atoms with van der Waals surface area (Å²) in [6.07, 6.45) is 0.907. The molecule has 0 saturated carbocycles. The quantitative estimate of drug-likeness (QED) is 0.781. The van der Waals surface area contributed by atoms with Crippen LogP contribution in [0, 0.1) is 0 Å². The molecule has 0 aliphatic carbocycles. The highest BCUT2D eigenvalue weighted by molar-refractivity contribution is 5.42. The summed E-state index contributed by atoms with van der Waals surface area (Å²) in [4.78, 5) is 0. The molecule has 2 aromatic rings. The zero-order valence-corrected chi connectivity index (χ0v) is 8.14. The minimum atomic E-state index is 0.688. The molecule has 72 valence electrons. The Labute approximate surface area is 83.2 Å². The van der Waals surface area contributed by atoms with Gasteiger partial charge in [0.2, 0.25) is 0 Å². The van der Waals surface area contributed by atoms with Crippen LogP contribution in [0.4, 0.5) is 5.82 Å². The molecule has 0 bridgehead atoms. The van der Waals surface area contributed by atoms with Gasteiger partial charge in [0.05, 0.1) is 11.4 Å². The zero-order valence-electron chi connectivity index (χ0n) is 8.14. The number of anilines is 1. The molecule has 14 heavy (non-hydrogen) atoms. The Balaban J connectivity index is 2.46. The molecule has 0 radical (unpaired) electrons. The van der Waals surface area contributed by atoms with Gasteiger partial charge in [0.15, 0.2) is 0 Å². The first-order chi connectivity index (χ1) is 6.81. The van der Waals surface area contributed by atoms with E-state index in [0.717, 1.165) is 17.8 Å². The second kappa shape index (κ2) is 3.54. The van der Waals surface area contributed by atoms with Crippen molar-refractivity contribution in [2.75, 3.05) is 5.73 Å². The maximum atomic E-state index is 5.85. The van der Waals surface area contributed by atoms with Gasteiger partial charge in [-0.2, -0.15) is 5.10 Å². The van der Waals surface area contributed by atoms with Crippen molar-refractivity contribution in [3.8, 4) is 5.69 Å². The number of hydrogen-bond donors (Lipinski definition) is 1. The van der Waals surface area contributed by atoms with E-state index in [2.05, 4.69) is 12.0 Å². The van der Waals surface area contributed by atoms with Gasteiger partial charge in [0.25, 0.3) is 0 Å². The molecule has 1 heterocycles. The smallest absolute Gasteiger partial charge is 0.127 e. The molecule has 0 aliphatic rings. The summed E-state index contributed by atoms with van der Waals surface area (Å²) in [5, 5.41) is 4.39. The summed E-state index contributed by atoms with van der Waals surface area (Å²) in [7, 11) is 0. The van der Waals surface area contributed by atoms with Gasteiger partial charge in [0, 0.05) is 6.07 Å². The van der Waals surface area contributed by atoms with Crippen LogP contribution < -0.4 is 5.73 Å². The fraction of sp³-hybridized carbons (Fsp3) is 0.182. The van der Waals surface area contributed by atoms with Crippen LogP contribution in [0.25, 0.3) is 5.69 Å². The Morgan fingerprint density at radius 1 is 1.29 bits per heavy atom. The summed E-state index contributed by atoms with van der Waals surface area (Å²) in [5.41, 5.74) is 7.87. The topological polar surface area (TPSA) is 43.8 Å². The van der Waals surface area contributed by atoms with E-state index in [1.54, 1.807) is 4.68 Å². The fourth-order valence-corrected chi connectivity index (χ4v) is 1.40. The van der Waals surface area contributed by atoms with Crippen molar-refractivity contribution in [2.24, 2.45) is 0 Å². The number of aromatic nitrogens is 2. The third-order valence-corrected chi connectivity index (χ3v) is 2.15. The van der Waals surface area contributed by atoms with Crippen molar-refractivity contribution in [1.29, 1.82) is 0 Å². The highest BCUT2D eigenvalue weighted by Crippen LogP contribution is 2.13. The summed E-state index contributed by atoms with van der Waals surface area (Å²) in [6.45, 7) is 2.07. The molecule has 0 saturated heterocycles. The first-order valence-corrected chi connectivity index (χ1v) is 4.71. The molecule has 0 spiro atoms. The first kappa shape index (κ1) is 8.81. The van der Waals surface area contributed by atoms with Crippen molar-refractivity contribution in [3.05, 3.63) is 42.1 Å². The van der Waals surface area contributed by atoms with Gasteiger partial charge in [-0.3, -0.25) is 0 Å². The highest BCUT2D eigenvalue weighted by atomic mass is 15.3. The van der Waals surface area contributed by atoms with E-state index in [-0.39, 0.29) is 0 Å². The Morgan fingerprint density at radius 2 is 2.00 bits per heavy atom. The predicted molar refractivity (Wildman–Crippen MR) is 57.4 cm³/mol. The van der Waals surface area contributed by atoms with E-state index >= 15 is 0 Å². The molecule has 0 amide bonds. The Morgan fingerprint density at radius 3 is 2.57 bits per heavy atom. The number of nitrogens with two attached hydrogens (primary N) is 1. The van der Waals surface area contributed by atoms with E-state index in [1.807, 2.05) is 36.4 Å². The molecule has 0 aliphatic heterocycles. The lowest BCUT2D eigenvalue weighted by molar-refractivity contribution is 0.849. The first-order valence-electron chi connectivity index (χ1n) is 4.71. The molecule has 0 atom stereocenters. The van der Waals surface area contributed by atoms with Gasteiger partial charge < -0.3 is 5.73 Å². The van der Waals surface area contributed by atoms with Gasteiger partial charge in [0.1, 0.15) is 5.82 Å². The van der Waals surface area contributed by atoms with E-state index in [4.69, 9.17) is 5.73 Å². The molecule has 0 fully saturated rings. The molecular weight excluding hydrogens is 174 g/mol. The molecule has 3 heteroatoms. The Kier molecular flexibility index (Phi) is 2.23. The number of hydrogen-bond acceptors (Lipinski definition) is 2. The molecule has 2 rings (SSSR count). The van der Waals surface area contributed by atoms with E-state index in [9.17, 15) is 0 Å². The lowest BCUT2D eigenvalue weighted by Crippen LogP contribution is -2.01. The van der Waals surface area contributed by atoms with Crippen molar-refractivity contribution < 1.29 is 0 Å². The lowest BCUT2D eigenvalue weighted by Gasteiger charge is -2.02.